The summed E-state index contributed by atoms with van der Waals surface area (Å²) in [7, 11) is -4.46. The van der Waals surface area contributed by atoms with Crippen LogP contribution in [0.1, 0.15) is 29.5 Å². The Hall–Kier alpha value is -2.90. The zero-order chi connectivity index (χ0) is 25.8. The minimum absolute atomic E-state index is 0.0591. The van der Waals surface area contributed by atoms with Crippen LogP contribution in [0.25, 0.3) is 0 Å². The summed E-state index contributed by atoms with van der Waals surface area (Å²) < 4.78 is 47.4. The number of aromatic nitrogens is 2. The van der Waals surface area contributed by atoms with Crippen molar-refractivity contribution in [2.45, 2.75) is 38.1 Å². The fourth-order valence-corrected chi connectivity index (χ4v) is 6.22. The van der Waals surface area contributed by atoms with E-state index in [0.717, 1.165) is 44.0 Å². The summed E-state index contributed by atoms with van der Waals surface area (Å²) in [6.45, 7) is 3.67. The summed E-state index contributed by atoms with van der Waals surface area (Å²) in [5, 5.41) is 9.60. The number of halogens is 2. The van der Waals surface area contributed by atoms with E-state index >= 15 is 4.39 Å². The third kappa shape index (κ3) is 6.03. The molecule has 0 radical (unpaired) electrons. The molecule has 3 rings (SSSR count). The van der Waals surface area contributed by atoms with Gasteiger partial charge in [0, 0.05) is 35.0 Å². The molecule has 0 aliphatic carbocycles. The van der Waals surface area contributed by atoms with Gasteiger partial charge in [-0.1, -0.05) is 18.2 Å². The van der Waals surface area contributed by atoms with Crippen molar-refractivity contribution in [1.29, 1.82) is 0 Å². The summed E-state index contributed by atoms with van der Waals surface area (Å²) in [6.07, 6.45) is 0.860. The van der Waals surface area contributed by atoms with Crippen LogP contribution in [0.5, 0.6) is 0 Å². The van der Waals surface area contributed by atoms with Crippen molar-refractivity contribution in [2.75, 3.05) is 15.7 Å². The van der Waals surface area contributed by atoms with Gasteiger partial charge >= 0.3 is 6.09 Å². The molecule has 1 amide bonds. The van der Waals surface area contributed by atoms with Crippen LogP contribution < -0.4 is 9.21 Å². The lowest BCUT2D eigenvalue weighted by molar-refractivity contribution is -0.107. The zero-order valence-corrected chi connectivity index (χ0v) is 22.0. The Morgan fingerprint density at radius 1 is 1.23 bits per heavy atom. The maximum Gasteiger partial charge on any atom is 0.411 e. The first-order valence-electron chi connectivity index (χ1n) is 10.3. The van der Waals surface area contributed by atoms with Gasteiger partial charge < -0.3 is 9.90 Å². The molecule has 0 saturated carbocycles. The Bertz CT molecular complexity index is 1340. The molecule has 0 aliphatic rings. The summed E-state index contributed by atoms with van der Waals surface area (Å²) in [4.78, 5) is 26.5. The molecule has 0 fully saturated rings. The second-order valence-corrected chi connectivity index (χ2v) is 11.1. The Balaban J connectivity index is 2.04. The third-order valence-corrected chi connectivity index (χ3v) is 8.45. The Kier molecular flexibility index (Phi) is 8.56. The van der Waals surface area contributed by atoms with Gasteiger partial charge in [-0.2, -0.15) is 4.37 Å². The van der Waals surface area contributed by atoms with Crippen LogP contribution >= 0.6 is 27.5 Å². The smallest absolute Gasteiger partial charge is 0.411 e. The highest BCUT2D eigenvalue weighted by molar-refractivity contribution is 9.10. The van der Waals surface area contributed by atoms with Gasteiger partial charge in [0.25, 0.3) is 10.0 Å². The highest BCUT2D eigenvalue weighted by Crippen LogP contribution is 2.35. The first kappa shape index (κ1) is 26.7. The number of benzene rings is 2. The van der Waals surface area contributed by atoms with E-state index in [1.807, 2.05) is 26.0 Å². The summed E-state index contributed by atoms with van der Waals surface area (Å²) in [5.74, 6) is -1.13. The van der Waals surface area contributed by atoms with E-state index in [0.29, 0.717) is 11.8 Å². The average Bonchev–Trinajstić information content (AvgIpc) is 3.33. The van der Waals surface area contributed by atoms with E-state index in [2.05, 4.69) is 25.3 Å². The number of unbranched alkanes of at least 4 members (excludes halogenated alkanes) is 1. The first-order valence-corrected chi connectivity index (χ1v) is 13.4. The highest BCUT2D eigenvalue weighted by atomic mass is 79.9. The molecule has 0 bridgehead atoms. The van der Waals surface area contributed by atoms with E-state index in [1.165, 1.54) is 6.33 Å². The van der Waals surface area contributed by atoms with E-state index in [4.69, 9.17) is 0 Å². The summed E-state index contributed by atoms with van der Waals surface area (Å²) in [6, 6.07) is 7.38. The third-order valence-electron chi connectivity index (χ3n) is 5.26. The molecular formula is C22H22BrFN4O5S2. The predicted molar refractivity (Wildman–Crippen MR) is 134 cm³/mol. The predicted octanol–water partition coefficient (Wildman–Crippen LogP) is 4.92. The van der Waals surface area contributed by atoms with Crippen LogP contribution in [-0.4, -0.2) is 41.8 Å². The molecule has 35 heavy (non-hydrogen) atoms. The number of aryl methyl sites for hydroxylation is 2. The molecule has 2 aromatic carbocycles. The highest BCUT2D eigenvalue weighted by Gasteiger charge is 2.32. The molecule has 13 heteroatoms. The van der Waals surface area contributed by atoms with Crippen molar-refractivity contribution in [1.82, 2.24) is 9.36 Å². The van der Waals surface area contributed by atoms with Crippen LogP contribution in [-0.2, 0) is 21.4 Å². The molecule has 1 heterocycles. The number of sulfonamides is 1. The quantitative estimate of drug-likeness (QED) is 0.265. The van der Waals surface area contributed by atoms with E-state index in [1.54, 1.807) is 6.07 Å². The van der Waals surface area contributed by atoms with Crippen LogP contribution in [0.4, 0.5) is 20.0 Å². The lowest BCUT2D eigenvalue weighted by Crippen LogP contribution is -2.32. The molecule has 3 aromatic rings. The zero-order valence-electron chi connectivity index (χ0n) is 18.8. The molecule has 0 spiro atoms. The standard InChI is InChI=1S/C22H22BrFN4O5S2/c1-14-5-6-16(9-15(14)2)12-28(21-25-13-26-34-21)35(32,33)20-10-17(23)19(11-18(20)24)27(22(30)31)7-3-4-8-29/h5-6,8-11,13H,3-4,7,12H2,1-2H3,(H,30,31). The average molecular weight is 585 g/mol. The van der Waals surface area contributed by atoms with Gasteiger partial charge in [0.15, 0.2) is 0 Å². The second-order valence-electron chi connectivity index (χ2n) is 7.63. The van der Waals surface area contributed by atoms with Gasteiger partial charge in [0.1, 0.15) is 23.3 Å². The Morgan fingerprint density at radius 2 is 1.97 bits per heavy atom. The van der Waals surface area contributed by atoms with Gasteiger partial charge in [-0.25, -0.2) is 26.9 Å². The van der Waals surface area contributed by atoms with Crippen molar-refractivity contribution in [3.05, 3.63) is 63.6 Å². The number of nitrogens with zero attached hydrogens (tertiary/aromatic N) is 4. The lowest BCUT2D eigenvalue weighted by Gasteiger charge is -2.24. The van der Waals surface area contributed by atoms with E-state index < -0.39 is 26.8 Å². The molecule has 0 unspecified atom stereocenters. The number of hydrogen-bond acceptors (Lipinski definition) is 7. The monoisotopic (exact) mass is 584 g/mol. The number of rotatable bonds is 10. The molecule has 0 atom stereocenters. The van der Waals surface area contributed by atoms with Gasteiger partial charge in [-0.15, -0.1) is 0 Å². The normalized spacial score (nSPS) is 11.3. The number of carbonyl (C=O) groups excluding carboxylic acids is 1. The van der Waals surface area contributed by atoms with Gasteiger partial charge in [0.2, 0.25) is 5.13 Å². The van der Waals surface area contributed by atoms with Crippen molar-refractivity contribution < 1.29 is 27.5 Å². The number of carbonyl (C=O) groups is 2. The van der Waals surface area contributed by atoms with Crippen molar-refractivity contribution >= 4 is 60.7 Å². The van der Waals surface area contributed by atoms with Crippen molar-refractivity contribution in [2.24, 2.45) is 0 Å². The molecular weight excluding hydrogens is 563 g/mol. The molecule has 9 nitrogen and oxygen atoms in total. The first-order chi connectivity index (χ1) is 16.6. The molecule has 1 N–H and O–H groups in total. The Labute approximate surface area is 214 Å². The van der Waals surface area contributed by atoms with Crippen LogP contribution in [0.15, 0.2) is 46.0 Å². The maximum absolute atomic E-state index is 15.3. The number of carboxylic acid groups (broad SMARTS) is 1. The van der Waals surface area contributed by atoms with Crippen LogP contribution in [0, 0.1) is 19.7 Å². The van der Waals surface area contributed by atoms with Crippen molar-refractivity contribution in [3.63, 3.8) is 0 Å². The van der Waals surface area contributed by atoms with Crippen molar-refractivity contribution in [3.8, 4) is 0 Å². The van der Waals surface area contributed by atoms with Crippen LogP contribution in [0.3, 0.4) is 0 Å². The fraction of sp³-hybridized carbons (Fsp3) is 0.273. The number of aldehydes is 1. The molecule has 0 aliphatic heterocycles. The minimum Gasteiger partial charge on any atom is -0.465 e. The topological polar surface area (TPSA) is 121 Å². The largest absolute Gasteiger partial charge is 0.465 e. The number of hydrogen-bond donors (Lipinski definition) is 1. The minimum atomic E-state index is -4.46. The SMILES string of the molecule is Cc1ccc(CN(c2ncns2)S(=O)(=O)c2cc(Br)c(N(CCCC=O)C(=O)O)cc2F)cc1C. The fourth-order valence-electron chi connectivity index (χ4n) is 3.29. The maximum atomic E-state index is 15.3. The summed E-state index contributed by atoms with van der Waals surface area (Å²) in [5.41, 5.74) is 2.62. The van der Waals surface area contributed by atoms with Gasteiger partial charge in [-0.05, 0) is 59.0 Å². The van der Waals surface area contributed by atoms with E-state index in [-0.39, 0.29) is 41.2 Å². The molecule has 0 saturated heterocycles. The number of amides is 1. The Morgan fingerprint density at radius 3 is 2.57 bits per heavy atom. The lowest BCUT2D eigenvalue weighted by atomic mass is 10.1. The second kappa shape index (κ2) is 11.2. The molecule has 1 aromatic heterocycles. The van der Waals surface area contributed by atoms with E-state index in [9.17, 15) is 23.1 Å². The van der Waals surface area contributed by atoms with Gasteiger partial charge in [0.05, 0.1) is 12.2 Å². The number of anilines is 2. The van der Waals surface area contributed by atoms with Gasteiger partial charge in [-0.3, -0.25) is 4.90 Å². The molecule has 186 valence electrons. The summed E-state index contributed by atoms with van der Waals surface area (Å²) >= 11 is 4.03. The van der Waals surface area contributed by atoms with Crippen LogP contribution in [0.2, 0.25) is 0 Å².